The van der Waals surface area contributed by atoms with Gasteiger partial charge in [0.2, 0.25) is 0 Å². The highest BCUT2D eigenvalue weighted by Gasteiger charge is 2.07. The van der Waals surface area contributed by atoms with Crippen molar-refractivity contribution < 1.29 is 9.53 Å². The summed E-state index contributed by atoms with van der Waals surface area (Å²) in [6, 6.07) is 13.5. The first-order valence-corrected chi connectivity index (χ1v) is 6.90. The summed E-state index contributed by atoms with van der Waals surface area (Å²) in [6.07, 6.45) is 2.67. The second-order valence-corrected chi connectivity index (χ2v) is 5.04. The average molecular weight is 280 g/mol. The molecule has 0 saturated carbocycles. The van der Waals surface area contributed by atoms with Crippen molar-refractivity contribution in [3.8, 4) is 5.75 Å². The Morgan fingerprint density at radius 1 is 1.19 bits per heavy atom. The highest BCUT2D eigenvalue weighted by molar-refractivity contribution is 5.78. The number of rotatable bonds is 4. The van der Waals surface area contributed by atoms with E-state index in [0.29, 0.717) is 18.6 Å². The van der Waals surface area contributed by atoms with Crippen molar-refractivity contribution in [2.45, 2.75) is 19.8 Å². The van der Waals surface area contributed by atoms with Gasteiger partial charge in [-0.05, 0) is 31.0 Å². The molecule has 21 heavy (non-hydrogen) atoms. The molecule has 2 aromatic carbocycles. The number of aromatic amines is 1. The Bertz CT molecular complexity index is 760. The lowest BCUT2D eigenvalue weighted by molar-refractivity contribution is -0.134. The van der Waals surface area contributed by atoms with Crippen LogP contribution in [0.25, 0.3) is 11.0 Å². The van der Waals surface area contributed by atoms with E-state index in [1.54, 1.807) is 18.5 Å². The molecule has 0 spiro atoms. The Morgan fingerprint density at radius 2 is 2.00 bits per heavy atom. The molecular weight excluding hydrogens is 264 g/mol. The van der Waals surface area contributed by atoms with E-state index in [1.165, 1.54) is 5.56 Å². The van der Waals surface area contributed by atoms with Crippen LogP contribution in [0.5, 0.6) is 5.75 Å². The Balaban J connectivity index is 1.59. The minimum atomic E-state index is -0.227. The van der Waals surface area contributed by atoms with Crippen molar-refractivity contribution in [1.82, 2.24) is 9.97 Å². The molecule has 0 aliphatic heterocycles. The summed E-state index contributed by atoms with van der Waals surface area (Å²) in [7, 11) is 0. The lowest BCUT2D eigenvalue weighted by Gasteiger charge is -2.05. The smallest absolute Gasteiger partial charge is 0.311 e. The number of esters is 1. The normalized spacial score (nSPS) is 10.7. The maximum Gasteiger partial charge on any atom is 0.311 e. The monoisotopic (exact) mass is 280 g/mol. The SMILES string of the molecule is Cc1ccc(CCC(=O)Oc2ccc3nc[nH]c3c2)cc1. The lowest BCUT2D eigenvalue weighted by atomic mass is 10.1. The molecule has 0 amide bonds. The van der Waals surface area contributed by atoms with Gasteiger partial charge in [0.15, 0.2) is 0 Å². The van der Waals surface area contributed by atoms with Gasteiger partial charge in [0.05, 0.1) is 17.4 Å². The van der Waals surface area contributed by atoms with E-state index in [2.05, 4.69) is 9.97 Å². The molecule has 0 fully saturated rings. The van der Waals surface area contributed by atoms with Crippen LogP contribution in [0.15, 0.2) is 48.8 Å². The minimum Gasteiger partial charge on any atom is -0.426 e. The largest absolute Gasteiger partial charge is 0.426 e. The fraction of sp³-hybridized carbons (Fsp3) is 0.176. The molecule has 4 heteroatoms. The number of nitrogens with one attached hydrogen (secondary N) is 1. The molecule has 106 valence electrons. The van der Waals surface area contributed by atoms with E-state index < -0.39 is 0 Å². The van der Waals surface area contributed by atoms with Crippen molar-refractivity contribution in [3.05, 3.63) is 59.9 Å². The van der Waals surface area contributed by atoms with Crippen LogP contribution in [-0.4, -0.2) is 15.9 Å². The fourth-order valence-corrected chi connectivity index (χ4v) is 2.16. The third-order valence-electron chi connectivity index (χ3n) is 3.36. The molecule has 0 saturated heterocycles. The maximum atomic E-state index is 11.9. The molecule has 1 N–H and O–H groups in total. The molecule has 1 heterocycles. The van der Waals surface area contributed by atoms with Crippen molar-refractivity contribution in [1.29, 1.82) is 0 Å². The first kappa shape index (κ1) is 13.4. The molecule has 4 nitrogen and oxygen atoms in total. The molecule has 0 bridgehead atoms. The predicted molar refractivity (Wildman–Crippen MR) is 81.2 cm³/mol. The molecule has 0 unspecified atom stereocenters. The molecule has 0 aliphatic carbocycles. The molecular formula is C17H16N2O2. The van der Waals surface area contributed by atoms with Gasteiger partial charge in [-0.1, -0.05) is 29.8 Å². The number of hydrogen-bond donors (Lipinski definition) is 1. The van der Waals surface area contributed by atoms with Crippen LogP contribution in [-0.2, 0) is 11.2 Å². The van der Waals surface area contributed by atoms with Gasteiger partial charge in [-0.2, -0.15) is 0 Å². The zero-order valence-electron chi connectivity index (χ0n) is 11.8. The van der Waals surface area contributed by atoms with Crippen molar-refractivity contribution in [2.24, 2.45) is 0 Å². The summed E-state index contributed by atoms with van der Waals surface area (Å²) in [5, 5.41) is 0. The number of benzene rings is 2. The van der Waals surface area contributed by atoms with Gasteiger partial charge in [-0.25, -0.2) is 4.98 Å². The zero-order valence-corrected chi connectivity index (χ0v) is 11.8. The number of fused-ring (bicyclic) bond motifs is 1. The molecule has 3 aromatic rings. The Kier molecular flexibility index (Phi) is 3.69. The predicted octanol–water partition coefficient (Wildman–Crippen LogP) is 3.41. The van der Waals surface area contributed by atoms with Crippen LogP contribution < -0.4 is 4.74 Å². The molecule has 1 aromatic heterocycles. The van der Waals surface area contributed by atoms with E-state index in [-0.39, 0.29) is 5.97 Å². The van der Waals surface area contributed by atoms with Gasteiger partial charge in [-0.3, -0.25) is 4.79 Å². The Labute approximate surface area is 122 Å². The summed E-state index contributed by atoms with van der Waals surface area (Å²) in [6.45, 7) is 2.05. The van der Waals surface area contributed by atoms with Gasteiger partial charge in [0.25, 0.3) is 0 Å². The molecule has 0 radical (unpaired) electrons. The molecule has 0 atom stereocenters. The van der Waals surface area contributed by atoms with Crippen LogP contribution in [0.1, 0.15) is 17.5 Å². The van der Waals surface area contributed by atoms with Gasteiger partial charge in [0, 0.05) is 12.5 Å². The maximum absolute atomic E-state index is 11.9. The van der Waals surface area contributed by atoms with E-state index in [0.717, 1.165) is 16.6 Å². The van der Waals surface area contributed by atoms with E-state index in [1.807, 2.05) is 37.3 Å². The summed E-state index contributed by atoms with van der Waals surface area (Å²) in [4.78, 5) is 19.0. The summed E-state index contributed by atoms with van der Waals surface area (Å²) < 4.78 is 5.35. The summed E-state index contributed by atoms with van der Waals surface area (Å²) in [5.74, 6) is 0.315. The number of imidazole rings is 1. The van der Waals surface area contributed by atoms with Crippen LogP contribution in [0.2, 0.25) is 0 Å². The number of H-pyrrole nitrogens is 1. The third kappa shape index (κ3) is 3.28. The van der Waals surface area contributed by atoms with Gasteiger partial charge < -0.3 is 9.72 Å². The van der Waals surface area contributed by atoms with Crippen LogP contribution >= 0.6 is 0 Å². The van der Waals surface area contributed by atoms with Gasteiger partial charge in [0.1, 0.15) is 5.75 Å². The standard InChI is InChI=1S/C17H16N2O2/c1-12-2-4-13(5-3-12)6-9-17(20)21-14-7-8-15-16(10-14)19-11-18-15/h2-5,7-8,10-11H,6,9H2,1H3,(H,18,19). The zero-order chi connectivity index (χ0) is 14.7. The first-order valence-electron chi connectivity index (χ1n) is 6.90. The van der Waals surface area contributed by atoms with Crippen LogP contribution in [0.3, 0.4) is 0 Å². The van der Waals surface area contributed by atoms with Gasteiger partial charge in [-0.15, -0.1) is 0 Å². The first-order chi connectivity index (χ1) is 10.2. The average Bonchev–Trinajstić information content (AvgIpc) is 2.94. The number of carbonyl (C=O) groups is 1. The van der Waals surface area contributed by atoms with Crippen molar-refractivity contribution in [3.63, 3.8) is 0 Å². The van der Waals surface area contributed by atoms with Crippen molar-refractivity contribution >= 4 is 17.0 Å². The topological polar surface area (TPSA) is 55.0 Å². The Morgan fingerprint density at radius 3 is 2.81 bits per heavy atom. The lowest BCUT2D eigenvalue weighted by Crippen LogP contribution is -2.09. The van der Waals surface area contributed by atoms with Gasteiger partial charge >= 0.3 is 5.97 Å². The summed E-state index contributed by atoms with van der Waals surface area (Å²) >= 11 is 0. The van der Waals surface area contributed by atoms with E-state index in [9.17, 15) is 4.79 Å². The second kappa shape index (κ2) is 5.79. The fourth-order valence-electron chi connectivity index (χ4n) is 2.16. The number of hydrogen-bond acceptors (Lipinski definition) is 3. The number of aryl methyl sites for hydroxylation is 2. The number of ether oxygens (including phenoxy) is 1. The second-order valence-electron chi connectivity index (χ2n) is 5.04. The third-order valence-corrected chi connectivity index (χ3v) is 3.36. The number of aromatic nitrogens is 2. The molecule has 0 aliphatic rings. The number of nitrogens with zero attached hydrogens (tertiary/aromatic N) is 1. The van der Waals surface area contributed by atoms with E-state index in [4.69, 9.17) is 4.74 Å². The van der Waals surface area contributed by atoms with Crippen LogP contribution in [0.4, 0.5) is 0 Å². The van der Waals surface area contributed by atoms with Crippen molar-refractivity contribution in [2.75, 3.05) is 0 Å². The summed E-state index contributed by atoms with van der Waals surface area (Å²) in [5.41, 5.74) is 4.07. The van der Waals surface area contributed by atoms with Crippen LogP contribution in [0, 0.1) is 6.92 Å². The highest BCUT2D eigenvalue weighted by Crippen LogP contribution is 2.18. The Hall–Kier alpha value is -2.62. The quantitative estimate of drug-likeness (QED) is 0.588. The molecule has 3 rings (SSSR count). The minimum absolute atomic E-state index is 0.227. The van der Waals surface area contributed by atoms with E-state index >= 15 is 0 Å². The highest BCUT2D eigenvalue weighted by atomic mass is 16.5. The number of carbonyl (C=O) groups excluding carboxylic acids is 1.